The molecule has 10 nitrogen and oxygen atoms in total. The zero-order chi connectivity index (χ0) is 26.7. The molecule has 0 amide bonds. The highest BCUT2D eigenvalue weighted by atomic mass is 16.6. The average molecular weight is 505 g/mol. The van der Waals surface area contributed by atoms with Crippen LogP contribution in [0.2, 0.25) is 0 Å². The molecule has 0 unspecified atom stereocenters. The zero-order valence-corrected chi connectivity index (χ0v) is 21.9. The first-order valence-electron chi connectivity index (χ1n) is 12.0. The van der Waals surface area contributed by atoms with Crippen LogP contribution in [0.5, 0.6) is 0 Å². The van der Waals surface area contributed by atoms with Gasteiger partial charge in [0.05, 0.1) is 52.9 Å². The second kappa shape index (κ2) is 26.7. The molecule has 0 aliphatic carbocycles. The summed E-state index contributed by atoms with van der Waals surface area (Å²) < 4.78 is 25.3. The van der Waals surface area contributed by atoms with E-state index in [1.165, 1.54) is 13.8 Å². The Morgan fingerprint density at radius 3 is 0.857 bits per heavy atom. The molecule has 0 N–H and O–H groups in total. The molecule has 0 spiro atoms. The van der Waals surface area contributed by atoms with Gasteiger partial charge in [-0.2, -0.15) is 0 Å². The Bertz CT molecular complexity index is 541. The Kier molecular flexibility index (Phi) is 27.0. The first kappa shape index (κ1) is 35.3. The molecule has 0 aromatic carbocycles. The quantitative estimate of drug-likeness (QED) is 0.180. The smallest absolute Gasteiger partial charge is 0.133 e. The van der Waals surface area contributed by atoms with Crippen LogP contribution >= 0.6 is 0 Å². The van der Waals surface area contributed by atoms with Crippen LogP contribution < -0.4 is 0 Å². The molecular weight excluding hydrogens is 460 g/mol. The molecule has 0 aromatic heterocycles. The summed E-state index contributed by atoms with van der Waals surface area (Å²) in [6, 6.07) is 0. The number of carbonyl (C=O) groups is 5. The maximum absolute atomic E-state index is 11.5. The summed E-state index contributed by atoms with van der Waals surface area (Å²) in [7, 11) is 3.30. The van der Waals surface area contributed by atoms with Crippen molar-refractivity contribution in [3.05, 3.63) is 0 Å². The molecule has 0 atom stereocenters. The van der Waals surface area contributed by atoms with Crippen molar-refractivity contribution in [2.45, 2.75) is 65.2 Å². The van der Waals surface area contributed by atoms with Gasteiger partial charge in [-0.15, -0.1) is 0 Å². The maximum Gasteiger partial charge on any atom is 0.133 e. The average Bonchev–Trinajstić information content (AvgIpc) is 2.82. The Morgan fingerprint density at radius 2 is 0.629 bits per heavy atom. The van der Waals surface area contributed by atoms with Crippen LogP contribution in [0.3, 0.4) is 0 Å². The van der Waals surface area contributed by atoms with Crippen molar-refractivity contribution in [2.75, 3.05) is 67.1 Å². The van der Waals surface area contributed by atoms with Crippen LogP contribution in [0, 0.1) is 0 Å². The van der Waals surface area contributed by atoms with E-state index >= 15 is 0 Å². The SMILES string of the molecule is CC(=O)CCC(=O)CCC(=O)CCC(=O)CCC(C)=O.COCCOCCOCCOCCOC. The van der Waals surface area contributed by atoms with Gasteiger partial charge in [-0.05, 0) is 13.8 Å². The van der Waals surface area contributed by atoms with Crippen LogP contribution in [0.25, 0.3) is 0 Å². The molecule has 0 bridgehead atoms. The second-order valence-electron chi connectivity index (χ2n) is 7.84. The first-order valence-corrected chi connectivity index (χ1v) is 12.0. The van der Waals surface area contributed by atoms with Crippen LogP contribution in [0.15, 0.2) is 0 Å². The molecule has 0 saturated heterocycles. The number of ether oxygens (including phenoxy) is 5. The molecule has 204 valence electrons. The number of carbonyl (C=O) groups excluding carboxylic acids is 5. The van der Waals surface area contributed by atoms with Gasteiger partial charge in [0.2, 0.25) is 0 Å². The zero-order valence-electron chi connectivity index (χ0n) is 21.9. The third-order valence-corrected chi connectivity index (χ3v) is 4.48. The third-order valence-electron chi connectivity index (χ3n) is 4.48. The van der Waals surface area contributed by atoms with E-state index in [1.54, 1.807) is 14.2 Å². The van der Waals surface area contributed by atoms with Gasteiger partial charge in [-0.1, -0.05) is 0 Å². The van der Waals surface area contributed by atoms with Crippen molar-refractivity contribution < 1.29 is 47.7 Å². The van der Waals surface area contributed by atoms with Crippen molar-refractivity contribution in [3.8, 4) is 0 Å². The lowest BCUT2D eigenvalue weighted by molar-refractivity contribution is -0.127. The van der Waals surface area contributed by atoms with E-state index in [1.807, 2.05) is 0 Å². The lowest BCUT2D eigenvalue weighted by Crippen LogP contribution is -2.12. The number of Topliss-reactive ketones (excluding diaryl/α,β-unsaturated/α-hetero) is 5. The van der Waals surface area contributed by atoms with Gasteiger partial charge in [-0.25, -0.2) is 0 Å². The van der Waals surface area contributed by atoms with Crippen LogP contribution in [0.4, 0.5) is 0 Å². The van der Waals surface area contributed by atoms with Gasteiger partial charge in [0.1, 0.15) is 28.9 Å². The molecular formula is C25H44O10. The maximum atomic E-state index is 11.5. The highest BCUT2D eigenvalue weighted by Gasteiger charge is 2.11. The van der Waals surface area contributed by atoms with Crippen LogP contribution in [0.1, 0.15) is 65.2 Å². The van der Waals surface area contributed by atoms with Gasteiger partial charge < -0.3 is 33.3 Å². The molecule has 0 aromatic rings. The standard InChI is InChI=1S/C15H22O5.C10H22O5/c1-11(16)3-5-13(18)7-9-15(20)10-8-14(19)6-4-12(2)17;1-11-3-5-13-7-9-15-10-8-14-6-4-12-2/h3-10H2,1-2H3;3-10H2,1-2H3. The molecule has 0 fully saturated rings. The molecule has 35 heavy (non-hydrogen) atoms. The topological polar surface area (TPSA) is 132 Å². The van der Waals surface area contributed by atoms with Crippen molar-refractivity contribution in [1.82, 2.24) is 0 Å². The number of hydrogen-bond acceptors (Lipinski definition) is 10. The summed E-state index contributed by atoms with van der Waals surface area (Å²) in [6.07, 6.45) is 1.31. The van der Waals surface area contributed by atoms with E-state index in [2.05, 4.69) is 0 Å². The molecule has 0 saturated carbocycles. The van der Waals surface area contributed by atoms with Crippen molar-refractivity contribution in [2.24, 2.45) is 0 Å². The molecule has 0 aliphatic heterocycles. The van der Waals surface area contributed by atoms with Crippen LogP contribution in [-0.4, -0.2) is 96.0 Å². The van der Waals surface area contributed by atoms with E-state index in [9.17, 15) is 24.0 Å². The predicted molar refractivity (Wildman–Crippen MR) is 130 cm³/mol. The highest BCUT2D eigenvalue weighted by Crippen LogP contribution is 2.06. The summed E-state index contributed by atoms with van der Waals surface area (Å²) in [6.45, 7) is 7.71. The fourth-order valence-corrected chi connectivity index (χ4v) is 2.39. The summed E-state index contributed by atoms with van der Waals surface area (Å²) >= 11 is 0. The van der Waals surface area contributed by atoms with Crippen molar-refractivity contribution >= 4 is 28.9 Å². The molecule has 10 heteroatoms. The largest absolute Gasteiger partial charge is 0.382 e. The van der Waals surface area contributed by atoms with E-state index < -0.39 is 0 Å². The Balaban J connectivity index is 0. The minimum Gasteiger partial charge on any atom is -0.382 e. The van der Waals surface area contributed by atoms with Gasteiger partial charge in [-0.3, -0.25) is 14.4 Å². The molecule has 0 heterocycles. The molecule has 0 aliphatic rings. The van der Waals surface area contributed by atoms with Gasteiger partial charge >= 0.3 is 0 Å². The van der Waals surface area contributed by atoms with Crippen molar-refractivity contribution in [1.29, 1.82) is 0 Å². The number of rotatable bonds is 24. The molecule has 0 radical (unpaired) electrons. The summed E-state index contributed by atoms with van der Waals surface area (Å²) in [5.41, 5.74) is 0. The number of methoxy groups -OCH3 is 2. The van der Waals surface area contributed by atoms with Crippen LogP contribution in [-0.2, 0) is 47.7 Å². The third kappa shape index (κ3) is 32.1. The van der Waals surface area contributed by atoms with E-state index in [0.29, 0.717) is 52.9 Å². The van der Waals surface area contributed by atoms with E-state index in [4.69, 9.17) is 23.7 Å². The first-order chi connectivity index (χ1) is 16.7. The number of hydrogen-bond donors (Lipinski definition) is 0. The second-order valence-corrected chi connectivity index (χ2v) is 7.84. The molecule has 0 rings (SSSR count). The monoisotopic (exact) mass is 504 g/mol. The Hall–Kier alpha value is -1.85. The van der Waals surface area contributed by atoms with Gasteiger partial charge in [0.25, 0.3) is 0 Å². The lowest BCUT2D eigenvalue weighted by Gasteiger charge is -2.06. The summed E-state index contributed by atoms with van der Waals surface area (Å²) in [5, 5.41) is 0. The lowest BCUT2D eigenvalue weighted by atomic mass is 10.0. The Morgan fingerprint density at radius 1 is 0.400 bits per heavy atom. The van der Waals surface area contributed by atoms with E-state index in [-0.39, 0.29) is 80.3 Å². The normalized spacial score (nSPS) is 10.4. The highest BCUT2D eigenvalue weighted by molar-refractivity contribution is 5.91. The van der Waals surface area contributed by atoms with E-state index in [0.717, 1.165) is 0 Å². The Labute approximate surface area is 209 Å². The fraction of sp³-hybridized carbons (Fsp3) is 0.800. The van der Waals surface area contributed by atoms with Gasteiger partial charge in [0, 0.05) is 65.6 Å². The fourth-order valence-electron chi connectivity index (χ4n) is 2.39. The van der Waals surface area contributed by atoms with Crippen molar-refractivity contribution in [3.63, 3.8) is 0 Å². The predicted octanol–water partition coefficient (Wildman–Crippen LogP) is 2.32. The summed E-state index contributed by atoms with van der Waals surface area (Å²) in [4.78, 5) is 55.6. The minimum absolute atomic E-state index is 0.0410. The number of ketones is 5. The summed E-state index contributed by atoms with van der Waals surface area (Å²) in [5.74, 6) is -0.410. The van der Waals surface area contributed by atoms with Gasteiger partial charge in [0.15, 0.2) is 0 Å². The minimum atomic E-state index is -0.127.